The van der Waals surface area contributed by atoms with Gasteiger partial charge in [0.25, 0.3) is 0 Å². The molecule has 0 bridgehead atoms. The van der Waals surface area contributed by atoms with Gasteiger partial charge in [0.05, 0.1) is 25.0 Å². The molecule has 2 aromatic rings. The molecule has 0 saturated carbocycles. The Hall–Kier alpha value is -2.45. The number of carbonyl (C=O) groups is 1. The van der Waals surface area contributed by atoms with Crippen LogP contribution in [0.1, 0.15) is 30.7 Å². The quantitative estimate of drug-likeness (QED) is 0.741. The van der Waals surface area contributed by atoms with Crippen LogP contribution < -0.4 is 4.74 Å². The van der Waals surface area contributed by atoms with E-state index in [-0.39, 0.29) is 5.91 Å². The van der Waals surface area contributed by atoms with Gasteiger partial charge < -0.3 is 9.64 Å². The van der Waals surface area contributed by atoms with Gasteiger partial charge in [-0.25, -0.2) is 9.67 Å². The predicted molar refractivity (Wildman–Crippen MR) is 115 cm³/mol. The lowest BCUT2D eigenvalue weighted by molar-refractivity contribution is -0.134. The van der Waals surface area contributed by atoms with Gasteiger partial charge in [0.1, 0.15) is 0 Å². The van der Waals surface area contributed by atoms with Crippen molar-refractivity contribution in [3.63, 3.8) is 0 Å². The summed E-state index contributed by atoms with van der Waals surface area (Å²) in [5.74, 6) is 0.856. The Morgan fingerprint density at radius 3 is 2.67 bits per heavy atom. The summed E-state index contributed by atoms with van der Waals surface area (Å²) in [5.41, 5.74) is 4.24. The van der Waals surface area contributed by atoms with Crippen LogP contribution in [-0.2, 0) is 17.8 Å². The van der Waals surface area contributed by atoms with Crippen LogP contribution in [-0.4, -0.2) is 87.8 Å². The molecule has 2 aliphatic rings. The summed E-state index contributed by atoms with van der Waals surface area (Å²) in [5, 5.41) is 4.79. The molecule has 0 aliphatic carbocycles. The van der Waals surface area contributed by atoms with Gasteiger partial charge in [-0.3, -0.25) is 14.6 Å². The van der Waals surface area contributed by atoms with Crippen molar-refractivity contribution in [3.05, 3.63) is 35.3 Å². The Morgan fingerprint density at radius 1 is 1.20 bits per heavy atom. The minimum absolute atomic E-state index is 0.240. The topological polar surface area (TPSA) is 66.7 Å². The molecule has 1 amide bonds. The predicted octanol–water partition coefficient (Wildman–Crippen LogP) is 1.50. The largest absolute Gasteiger partial charge is 0.481 e. The van der Waals surface area contributed by atoms with Crippen LogP contribution in [0.25, 0.3) is 5.69 Å². The molecule has 0 atom stereocenters. The number of piperazine rings is 1. The molecule has 4 heterocycles. The molecule has 1 saturated heterocycles. The Morgan fingerprint density at radius 2 is 1.97 bits per heavy atom. The number of rotatable bonds is 5. The zero-order chi connectivity index (χ0) is 21.3. The van der Waals surface area contributed by atoms with Crippen LogP contribution in [0.15, 0.2) is 18.5 Å². The highest BCUT2D eigenvalue weighted by atomic mass is 16.5. The number of ether oxygens (including phenoxy) is 1. The van der Waals surface area contributed by atoms with E-state index in [1.54, 1.807) is 13.3 Å². The fraction of sp³-hybridized carbons (Fsp3) is 0.591. The average Bonchev–Trinajstić information content (AvgIpc) is 3.17. The third-order valence-corrected chi connectivity index (χ3v) is 6.26. The number of methoxy groups -OCH3 is 1. The van der Waals surface area contributed by atoms with Gasteiger partial charge in [-0.15, -0.1) is 0 Å². The van der Waals surface area contributed by atoms with Crippen molar-refractivity contribution in [1.29, 1.82) is 0 Å². The van der Waals surface area contributed by atoms with Gasteiger partial charge in [-0.1, -0.05) is 0 Å². The van der Waals surface area contributed by atoms with E-state index in [2.05, 4.69) is 34.8 Å². The zero-order valence-corrected chi connectivity index (χ0v) is 18.5. The first-order valence-electron chi connectivity index (χ1n) is 10.8. The van der Waals surface area contributed by atoms with Crippen LogP contribution in [0.3, 0.4) is 0 Å². The lowest BCUT2D eigenvalue weighted by Gasteiger charge is -2.38. The summed E-state index contributed by atoms with van der Waals surface area (Å²) in [6, 6.07) is 2.50. The molecule has 0 aromatic carbocycles. The van der Waals surface area contributed by atoms with Crippen molar-refractivity contribution in [2.24, 2.45) is 0 Å². The molecule has 8 nitrogen and oxygen atoms in total. The molecule has 0 radical (unpaired) electrons. The fourth-order valence-electron chi connectivity index (χ4n) is 4.37. The maximum atomic E-state index is 12.8. The van der Waals surface area contributed by atoms with Crippen molar-refractivity contribution in [3.8, 4) is 11.6 Å². The molecule has 162 valence electrons. The van der Waals surface area contributed by atoms with E-state index < -0.39 is 0 Å². The molecule has 4 rings (SSSR count). The highest BCUT2D eigenvalue weighted by Gasteiger charge is 2.26. The molecule has 2 aliphatic heterocycles. The Labute approximate surface area is 178 Å². The summed E-state index contributed by atoms with van der Waals surface area (Å²) in [7, 11) is 1.63. The highest BCUT2D eigenvalue weighted by molar-refractivity contribution is 5.78. The summed E-state index contributed by atoms with van der Waals surface area (Å²) in [6.07, 6.45) is 4.68. The highest BCUT2D eigenvalue weighted by Crippen LogP contribution is 2.24. The first-order chi connectivity index (χ1) is 14.5. The second kappa shape index (κ2) is 8.73. The first kappa shape index (κ1) is 20.8. The molecule has 8 heteroatoms. The number of carbonyl (C=O) groups excluding carboxylic acids is 1. The Kier molecular flexibility index (Phi) is 6.06. The number of hydrogen-bond acceptors (Lipinski definition) is 6. The lowest BCUT2D eigenvalue weighted by atomic mass is 10.1. The molecule has 30 heavy (non-hydrogen) atoms. The Balaban J connectivity index is 1.39. The SMILES string of the molecule is COc1nccc(-n2cc3c(n2)CCN(CC(=O)N2CCN(C(C)C)CC2)C3)c1C. The molecule has 0 N–H and O–H groups in total. The second-order valence-corrected chi connectivity index (χ2v) is 8.48. The number of pyridine rings is 1. The minimum atomic E-state index is 0.240. The molecular weight excluding hydrogens is 380 g/mol. The van der Waals surface area contributed by atoms with Crippen LogP contribution in [0.5, 0.6) is 5.88 Å². The number of hydrogen-bond donors (Lipinski definition) is 0. The number of amides is 1. The van der Waals surface area contributed by atoms with Crippen molar-refractivity contribution >= 4 is 5.91 Å². The van der Waals surface area contributed by atoms with Crippen LogP contribution in [0, 0.1) is 6.92 Å². The normalized spacial score (nSPS) is 18.0. The summed E-state index contributed by atoms with van der Waals surface area (Å²) >= 11 is 0. The third-order valence-electron chi connectivity index (χ3n) is 6.26. The van der Waals surface area contributed by atoms with Crippen LogP contribution in [0.4, 0.5) is 0 Å². The third kappa shape index (κ3) is 4.20. The van der Waals surface area contributed by atoms with E-state index in [0.717, 1.165) is 62.6 Å². The van der Waals surface area contributed by atoms with Gasteiger partial charge in [0.2, 0.25) is 11.8 Å². The van der Waals surface area contributed by atoms with Crippen molar-refractivity contribution < 1.29 is 9.53 Å². The maximum Gasteiger partial charge on any atom is 0.236 e. The average molecular weight is 413 g/mol. The number of fused-ring (bicyclic) bond motifs is 1. The van der Waals surface area contributed by atoms with Crippen LogP contribution >= 0.6 is 0 Å². The molecule has 1 fully saturated rings. The van der Waals surface area contributed by atoms with Crippen molar-refractivity contribution in [1.82, 2.24) is 29.5 Å². The van der Waals surface area contributed by atoms with Gasteiger partial charge in [-0.05, 0) is 26.8 Å². The summed E-state index contributed by atoms with van der Waals surface area (Å²) < 4.78 is 7.26. The van der Waals surface area contributed by atoms with E-state index in [4.69, 9.17) is 9.84 Å². The molecule has 2 aromatic heterocycles. The summed E-state index contributed by atoms with van der Waals surface area (Å²) in [6.45, 7) is 12.1. The van der Waals surface area contributed by atoms with Crippen LogP contribution in [0.2, 0.25) is 0 Å². The van der Waals surface area contributed by atoms with E-state index in [0.29, 0.717) is 18.5 Å². The lowest BCUT2D eigenvalue weighted by Crippen LogP contribution is -2.53. The minimum Gasteiger partial charge on any atom is -0.481 e. The maximum absolute atomic E-state index is 12.8. The molecule has 0 unspecified atom stereocenters. The first-order valence-corrected chi connectivity index (χ1v) is 10.8. The van der Waals surface area contributed by atoms with Crippen molar-refractivity contribution in [2.75, 3.05) is 46.4 Å². The monoisotopic (exact) mass is 412 g/mol. The molecule has 0 spiro atoms. The number of nitrogens with zero attached hydrogens (tertiary/aromatic N) is 6. The van der Waals surface area contributed by atoms with E-state index in [1.807, 2.05) is 22.6 Å². The van der Waals surface area contributed by atoms with E-state index >= 15 is 0 Å². The smallest absolute Gasteiger partial charge is 0.236 e. The van der Waals surface area contributed by atoms with Gasteiger partial charge >= 0.3 is 0 Å². The Bertz CT molecular complexity index is 901. The van der Waals surface area contributed by atoms with Gasteiger partial charge in [0.15, 0.2) is 0 Å². The van der Waals surface area contributed by atoms with Crippen molar-refractivity contribution in [2.45, 2.75) is 39.8 Å². The summed E-state index contributed by atoms with van der Waals surface area (Å²) in [4.78, 5) is 23.8. The second-order valence-electron chi connectivity index (χ2n) is 8.48. The van der Waals surface area contributed by atoms with E-state index in [1.165, 1.54) is 5.56 Å². The van der Waals surface area contributed by atoms with E-state index in [9.17, 15) is 4.79 Å². The molecular formula is C22H32N6O2. The zero-order valence-electron chi connectivity index (χ0n) is 18.5. The fourth-order valence-corrected chi connectivity index (χ4v) is 4.37. The standard InChI is InChI=1S/C22H32N6O2/c1-16(2)26-9-11-27(12-10-26)21(29)15-25-8-6-19-18(13-25)14-28(24-19)20-5-7-23-22(30-4)17(20)3/h5,7,14,16H,6,8-13,15H2,1-4H3. The van der Waals surface area contributed by atoms with Gasteiger partial charge in [-0.2, -0.15) is 5.10 Å². The number of aromatic nitrogens is 3. The van der Waals surface area contributed by atoms with Gasteiger partial charge in [0, 0.05) is 75.3 Å².